The van der Waals surface area contributed by atoms with Crippen LogP contribution in [0.1, 0.15) is 29.2 Å². The summed E-state index contributed by atoms with van der Waals surface area (Å²) in [5, 5.41) is 15.4. The number of benzene rings is 2. The maximum Gasteiger partial charge on any atom is 0.230 e. The second kappa shape index (κ2) is 8.99. The van der Waals surface area contributed by atoms with Crippen LogP contribution in [0.2, 0.25) is 0 Å². The van der Waals surface area contributed by atoms with Gasteiger partial charge in [0.1, 0.15) is 17.4 Å². The van der Waals surface area contributed by atoms with Crippen molar-refractivity contribution in [3.05, 3.63) is 70.6 Å². The quantitative estimate of drug-likeness (QED) is 0.457. The van der Waals surface area contributed by atoms with Crippen LogP contribution in [0, 0.1) is 12.7 Å². The molecule has 0 bridgehead atoms. The minimum Gasteiger partial charge on any atom is -0.494 e. The average molecular weight is 468 g/mol. The third-order valence-electron chi connectivity index (χ3n) is 5.93. The number of hydrogen-bond acceptors (Lipinski definition) is 7. The Bertz CT molecular complexity index is 1250. The predicted molar refractivity (Wildman–Crippen MR) is 127 cm³/mol. The van der Waals surface area contributed by atoms with Crippen molar-refractivity contribution in [1.82, 2.24) is 19.5 Å². The Labute approximate surface area is 195 Å². The van der Waals surface area contributed by atoms with E-state index in [1.807, 2.05) is 50.2 Å². The predicted octanol–water partition coefficient (Wildman–Crippen LogP) is 4.25. The number of piperazine rings is 1. The van der Waals surface area contributed by atoms with Gasteiger partial charge in [-0.1, -0.05) is 35.6 Å². The van der Waals surface area contributed by atoms with Crippen LogP contribution in [0.4, 0.5) is 10.1 Å². The van der Waals surface area contributed by atoms with E-state index in [0.29, 0.717) is 36.2 Å². The van der Waals surface area contributed by atoms with Crippen molar-refractivity contribution in [2.45, 2.75) is 19.9 Å². The van der Waals surface area contributed by atoms with Gasteiger partial charge in [-0.2, -0.15) is 4.52 Å². The van der Waals surface area contributed by atoms with Gasteiger partial charge < -0.3 is 14.7 Å². The third-order valence-corrected chi connectivity index (χ3v) is 7.01. The van der Waals surface area contributed by atoms with Crippen molar-refractivity contribution in [1.29, 1.82) is 0 Å². The van der Waals surface area contributed by atoms with Crippen molar-refractivity contribution < 1.29 is 14.2 Å². The highest BCUT2D eigenvalue weighted by molar-refractivity contribution is 7.17. The van der Waals surface area contributed by atoms with Gasteiger partial charge in [-0.05, 0) is 43.7 Å². The zero-order valence-electron chi connectivity index (χ0n) is 18.6. The van der Waals surface area contributed by atoms with Crippen LogP contribution in [-0.4, -0.2) is 57.4 Å². The number of ether oxygens (including phenoxy) is 1. The average Bonchev–Trinajstić information content (AvgIpc) is 3.33. The zero-order valence-corrected chi connectivity index (χ0v) is 19.4. The number of thiazole rings is 1. The molecule has 0 amide bonds. The number of para-hydroxylation sites is 1. The lowest BCUT2D eigenvalue weighted by molar-refractivity contribution is 0.210. The second-order valence-corrected chi connectivity index (χ2v) is 9.03. The molecule has 4 aromatic rings. The fraction of sp³-hybridized carbons (Fsp3) is 0.333. The summed E-state index contributed by atoms with van der Waals surface area (Å²) < 4.78 is 21.4. The second-order valence-electron chi connectivity index (χ2n) is 8.02. The highest BCUT2D eigenvalue weighted by Gasteiger charge is 2.32. The number of fused-ring (bicyclic) bond motifs is 1. The van der Waals surface area contributed by atoms with Crippen molar-refractivity contribution in [2.75, 3.05) is 37.7 Å². The SMILES string of the molecule is CCOc1ccc([C@H](c2sc3nc(C)nn3c2O)N2CCN(c3ccccc3F)CC2)cc1. The van der Waals surface area contributed by atoms with Crippen molar-refractivity contribution in [3.8, 4) is 11.6 Å². The molecule has 9 heteroatoms. The van der Waals surface area contributed by atoms with Gasteiger partial charge in [-0.15, -0.1) is 5.10 Å². The molecule has 172 valence electrons. The normalized spacial score (nSPS) is 15.8. The molecule has 0 saturated carbocycles. The Morgan fingerprint density at radius 2 is 1.82 bits per heavy atom. The van der Waals surface area contributed by atoms with Crippen LogP contribution in [0.3, 0.4) is 0 Å². The Morgan fingerprint density at radius 3 is 2.48 bits per heavy atom. The molecule has 7 nitrogen and oxygen atoms in total. The summed E-state index contributed by atoms with van der Waals surface area (Å²) in [7, 11) is 0. The molecule has 2 aromatic heterocycles. The van der Waals surface area contributed by atoms with E-state index in [1.165, 1.54) is 21.9 Å². The standard InChI is InChI=1S/C24H26FN5O2S/c1-3-32-18-10-8-17(9-11-18)21(22-23(31)30-24(33-22)26-16(2)27-30)29-14-12-28(13-15-29)20-7-5-4-6-19(20)25/h4-11,21,31H,3,12-15H2,1-2H3/t21-/m1/s1. The van der Waals surface area contributed by atoms with Gasteiger partial charge in [-0.25, -0.2) is 9.37 Å². The summed E-state index contributed by atoms with van der Waals surface area (Å²) in [6, 6.07) is 14.7. The van der Waals surface area contributed by atoms with Gasteiger partial charge >= 0.3 is 0 Å². The Hall–Kier alpha value is -3.17. The summed E-state index contributed by atoms with van der Waals surface area (Å²) in [4.78, 5) is 10.3. The van der Waals surface area contributed by atoms with E-state index in [4.69, 9.17) is 4.74 Å². The number of aryl methyl sites for hydroxylation is 1. The van der Waals surface area contributed by atoms with E-state index in [9.17, 15) is 9.50 Å². The lowest BCUT2D eigenvalue weighted by Gasteiger charge is -2.40. The third kappa shape index (κ3) is 4.14. The van der Waals surface area contributed by atoms with E-state index in [0.717, 1.165) is 29.3 Å². The molecular weight excluding hydrogens is 441 g/mol. The minimum absolute atomic E-state index is 0.117. The van der Waals surface area contributed by atoms with Crippen molar-refractivity contribution in [2.24, 2.45) is 0 Å². The smallest absolute Gasteiger partial charge is 0.230 e. The fourth-order valence-corrected chi connectivity index (χ4v) is 5.56. The van der Waals surface area contributed by atoms with Crippen LogP contribution in [0.25, 0.3) is 4.96 Å². The molecule has 1 atom stereocenters. The molecule has 2 aromatic carbocycles. The molecule has 1 fully saturated rings. The van der Waals surface area contributed by atoms with E-state index in [2.05, 4.69) is 19.9 Å². The molecule has 0 unspecified atom stereocenters. The first kappa shape index (κ1) is 21.7. The number of anilines is 1. The molecule has 1 aliphatic rings. The number of hydrogen-bond donors (Lipinski definition) is 1. The Morgan fingerprint density at radius 1 is 1.09 bits per heavy atom. The zero-order chi connectivity index (χ0) is 22.9. The molecule has 1 N–H and O–H groups in total. The summed E-state index contributed by atoms with van der Waals surface area (Å²) in [5.74, 6) is 1.35. The number of rotatable bonds is 6. The molecule has 0 spiro atoms. The lowest BCUT2D eigenvalue weighted by Crippen LogP contribution is -2.48. The van der Waals surface area contributed by atoms with E-state index >= 15 is 0 Å². The first-order valence-electron chi connectivity index (χ1n) is 11.1. The van der Waals surface area contributed by atoms with Gasteiger partial charge in [0.05, 0.1) is 23.2 Å². The van der Waals surface area contributed by atoms with Gasteiger partial charge in [0.2, 0.25) is 10.8 Å². The molecule has 1 saturated heterocycles. The molecule has 0 radical (unpaired) electrons. The maximum absolute atomic E-state index is 14.3. The topological polar surface area (TPSA) is 66.1 Å². The largest absolute Gasteiger partial charge is 0.494 e. The minimum atomic E-state index is -0.201. The van der Waals surface area contributed by atoms with E-state index in [-0.39, 0.29) is 17.7 Å². The molecule has 0 aliphatic carbocycles. The lowest BCUT2D eigenvalue weighted by atomic mass is 10.0. The van der Waals surface area contributed by atoms with Crippen molar-refractivity contribution >= 4 is 22.0 Å². The van der Waals surface area contributed by atoms with Crippen LogP contribution in [-0.2, 0) is 0 Å². The first-order valence-corrected chi connectivity index (χ1v) is 11.9. The van der Waals surface area contributed by atoms with Gasteiger partial charge in [0.15, 0.2) is 0 Å². The fourth-order valence-electron chi connectivity index (χ4n) is 4.40. The number of nitrogens with zero attached hydrogens (tertiary/aromatic N) is 5. The molecule has 1 aliphatic heterocycles. The Kier molecular flexibility index (Phi) is 5.90. The van der Waals surface area contributed by atoms with Crippen LogP contribution in [0.15, 0.2) is 48.5 Å². The molecule has 3 heterocycles. The number of halogens is 1. The number of aromatic hydroxyl groups is 1. The summed E-state index contributed by atoms with van der Waals surface area (Å²) >= 11 is 1.45. The van der Waals surface area contributed by atoms with Gasteiger partial charge in [-0.3, -0.25) is 4.90 Å². The summed E-state index contributed by atoms with van der Waals surface area (Å²) in [5.41, 5.74) is 1.68. The summed E-state index contributed by atoms with van der Waals surface area (Å²) in [6.07, 6.45) is 0. The van der Waals surface area contributed by atoms with Crippen LogP contribution in [0.5, 0.6) is 11.6 Å². The van der Waals surface area contributed by atoms with Crippen LogP contribution < -0.4 is 9.64 Å². The van der Waals surface area contributed by atoms with Gasteiger partial charge in [0.25, 0.3) is 0 Å². The molecule has 33 heavy (non-hydrogen) atoms. The summed E-state index contributed by atoms with van der Waals surface area (Å²) in [6.45, 7) is 7.19. The van der Waals surface area contributed by atoms with Crippen molar-refractivity contribution in [3.63, 3.8) is 0 Å². The van der Waals surface area contributed by atoms with Crippen LogP contribution >= 0.6 is 11.3 Å². The monoisotopic (exact) mass is 467 g/mol. The highest BCUT2D eigenvalue weighted by atomic mass is 32.1. The molecule has 5 rings (SSSR count). The molecular formula is C24H26FN5O2S. The maximum atomic E-state index is 14.3. The Balaban J connectivity index is 1.47. The van der Waals surface area contributed by atoms with E-state index in [1.54, 1.807) is 6.07 Å². The van der Waals surface area contributed by atoms with Gasteiger partial charge in [0, 0.05) is 26.2 Å². The highest BCUT2D eigenvalue weighted by Crippen LogP contribution is 2.40. The first-order chi connectivity index (χ1) is 16.0. The number of aromatic nitrogens is 3. The van der Waals surface area contributed by atoms with E-state index < -0.39 is 0 Å².